The molecule has 0 aliphatic carbocycles. The Labute approximate surface area is 167 Å². The van der Waals surface area contributed by atoms with Crippen molar-refractivity contribution >= 4 is 40.7 Å². The van der Waals surface area contributed by atoms with Crippen LogP contribution in [0.5, 0.6) is 0 Å². The minimum Gasteiger partial charge on any atom is -0.376 e. The zero-order chi connectivity index (χ0) is 18.2. The highest BCUT2D eigenvalue weighted by atomic mass is 35.5. The van der Waals surface area contributed by atoms with E-state index >= 15 is 0 Å². The molecular formula is C19H23ClN2O2S2. The number of hydrogen-bond acceptors (Lipinski definition) is 4. The molecule has 1 aromatic heterocycles. The Morgan fingerprint density at radius 3 is 2.88 bits per heavy atom. The van der Waals surface area contributed by atoms with Crippen molar-refractivity contribution < 1.29 is 9.53 Å². The Morgan fingerprint density at radius 1 is 1.35 bits per heavy atom. The van der Waals surface area contributed by atoms with Gasteiger partial charge in [0, 0.05) is 40.2 Å². The van der Waals surface area contributed by atoms with E-state index < -0.39 is 0 Å². The molecule has 0 bridgehead atoms. The normalized spacial score (nSPS) is 16.6. The maximum atomic E-state index is 12.7. The van der Waals surface area contributed by atoms with Crippen LogP contribution in [-0.2, 0) is 11.3 Å². The van der Waals surface area contributed by atoms with Gasteiger partial charge in [-0.2, -0.15) is 0 Å². The predicted octanol–water partition coefficient (Wildman–Crippen LogP) is 4.88. The number of thioether (sulfide) groups is 1. The quantitative estimate of drug-likeness (QED) is 0.497. The maximum absolute atomic E-state index is 12.7. The van der Waals surface area contributed by atoms with E-state index in [1.807, 2.05) is 40.6 Å². The van der Waals surface area contributed by atoms with Crippen molar-refractivity contribution in [3.8, 4) is 0 Å². The lowest BCUT2D eigenvalue weighted by atomic mass is 10.2. The number of nitrogens with one attached hydrogen (secondary N) is 1. The molecular weight excluding hydrogens is 388 g/mol. The van der Waals surface area contributed by atoms with Crippen LogP contribution in [0.3, 0.4) is 0 Å². The second kappa shape index (κ2) is 10.2. The summed E-state index contributed by atoms with van der Waals surface area (Å²) in [5.41, 5.74) is 0. The van der Waals surface area contributed by atoms with Crippen LogP contribution < -0.4 is 5.32 Å². The second-order valence-electron chi connectivity index (χ2n) is 6.13. The molecule has 0 radical (unpaired) electrons. The summed E-state index contributed by atoms with van der Waals surface area (Å²) in [6.45, 7) is 2.71. The van der Waals surface area contributed by atoms with Gasteiger partial charge in [0.2, 0.25) is 0 Å². The Bertz CT molecular complexity index is 673. The van der Waals surface area contributed by atoms with Crippen molar-refractivity contribution in [2.24, 2.45) is 0 Å². The van der Waals surface area contributed by atoms with Crippen LogP contribution in [0.4, 0.5) is 4.79 Å². The zero-order valence-electron chi connectivity index (χ0n) is 14.5. The van der Waals surface area contributed by atoms with Gasteiger partial charge in [0.15, 0.2) is 0 Å². The molecule has 1 aliphatic heterocycles. The smallest absolute Gasteiger partial charge is 0.317 e. The summed E-state index contributed by atoms with van der Waals surface area (Å²) in [6.07, 6.45) is 2.27. The first-order valence-electron chi connectivity index (χ1n) is 8.76. The molecule has 7 heteroatoms. The summed E-state index contributed by atoms with van der Waals surface area (Å²) in [6, 6.07) is 11.8. The number of hydrogen-bond donors (Lipinski definition) is 1. The first-order valence-corrected chi connectivity index (χ1v) is 11.0. The van der Waals surface area contributed by atoms with Crippen LogP contribution in [0.2, 0.25) is 5.02 Å². The minimum atomic E-state index is -0.0226. The summed E-state index contributed by atoms with van der Waals surface area (Å²) in [7, 11) is 0. The summed E-state index contributed by atoms with van der Waals surface area (Å²) in [4.78, 5) is 16.9. The molecule has 2 amide bonds. The molecule has 1 saturated heterocycles. The predicted molar refractivity (Wildman–Crippen MR) is 109 cm³/mol. The number of amides is 2. The number of nitrogens with zero attached hydrogens (tertiary/aromatic N) is 1. The largest absolute Gasteiger partial charge is 0.376 e. The number of ether oxygens (including phenoxy) is 1. The lowest BCUT2D eigenvalue weighted by Gasteiger charge is -2.25. The van der Waals surface area contributed by atoms with E-state index in [9.17, 15) is 4.79 Å². The van der Waals surface area contributed by atoms with Crippen molar-refractivity contribution in [1.29, 1.82) is 0 Å². The summed E-state index contributed by atoms with van der Waals surface area (Å²) >= 11 is 9.28. The topological polar surface area (TPSA) is 41.6 Å². The molecule has 0 saturated carbocycles. The maximum Gasteiger partial charge on any atom is 0.317 e. The lowest BCUT2D eigenvalue weighted by Crippen LogP contribution is -2.43. The molecule has 1 aliphatic rings. The average molecular weight is 411 g/mol. The number of benzene rings is 1. The summed E-state index contributed by atoms with van der Waals surface area (Å²) < 4.78 is 5.71. The van der Waals surface area contributed by atoms with Crippen molar-refractivity contribution in [3.63, 3.8) is 0 Å². The molecule has 2 aromatic rings. The Balaban J connectivity index is 1.46. The van der Waals surface area contributed by atoms with Gasteiger partial charge in [-0.15, -0.1) is 23.1 Å². The van der Waals surface area contributed by atoms with Crippen molar-refractivity contribution in [1.82, 2.24) is 10.2 Å². The van der Waals surface area contributed by atoms with E-state index in [1.165, 1.54) is 4.88 Å². The second-order valence-corrected chi connectivity index (χ2v) is 8.77. The Hall–Kier alpha value is -1.21. The Kier molecular flexibility index (Phi) is 7.68. The highest BCUT2D eigenvalue weighted by Crippen LogP contribution is 2.20. The lowest BCUT2D eigenvalue weighted by molar-refractivity contribution is 0.0798. The third-order valence-electron chi connectivity index (χ3n) is 4.12. The van der Waals surface area contributed by atoms with Crippen LogP contribution in [0.1, 0.15) is 17.7 Å². The molecule has 1 unspecified atom stereocenters. The highest BCUT2D eigenvalue weighted by molar-refractivity contribution is 7.99. The molecule has 4 nitrogen and oxygen atoms in total. The number of urea groups is 1. The number of carbonyl (C=O) groups excluding carboxylic acids is 1. The molecule has 0 spiro atoms. The molecule has 1 aromatic carbocycles. The van der Waals surface area contributed by atoms with Crippen LogP contribution in [-0.4, -0.2) is 42.5 Å². The van der Waals surface area contributed by atoms with Gasteiger partial charge >= 0.3 is 6.03 Å². The fourth-order valence-corrected chi connectivity index (χ4v) is 4.43. The van der Waals surface area contributed by atoms with Gasteiger partial charge in [0.1, 0.15) is 0 Å². The SMILES string of the molecule is O=C(NCCSc1ccc(Cl)cc1)N(Cc1cccs1)CC1CCCO1. The third-order valence-corrected chi connectivity index (χ3v) is 6.25. The van der Waals surface area contributed by atoms with Gasteiger partial charge in [-0.25, -0.2) is 4.79 Å². The van der Waals surface area contributed by atoms with Crippen LogP contribution >= 0.6 is 34.7 Å². The first kappa shape index (κ1) is 19.5. The van der Waals surface area contributed by atoms with Gasteiger partial charge in [0.05, 0.1) is 12.6 Å². The van der Waals surface area contributed by atoms with E-state index in [0.717, 1.165) is 35.1 Å². The molecule has 26 heavy (non-hydrogen) atoms. The summed E-state index contributed by atoms with van der Waals surface area (Å²) in [5, 5.41) is 5.82. The van der Waals surface area contributed by atoms with E-state index in [2.05, 4.69) is 11.4 Å². The number of rotatable bonds is 8. The zero-order valence-corrected chi connectivity index (χ0v) is 16.9. The molecule has 1 N–H and O–H groups in total. The standard InChI is InChI=1S/C19H23ClN2O2S2/c20-15-5-7-17(8-6-15)26-12-9-21-19(23)22(13-16-3-1-10-24-16)14-18-4-2-11-25-18/h2,4-8,11,16H,1,3,9-10,12-14H2,(H,21,23). The fraction of sp³-hybridized carbons (Fsp3) is 0.421. The third kappa shape index (κ3) is 6.20. The van der Waals surface area contributed by atoms with Gasteiger partial charge in [0.25, 0.3) is 0 Å². The van der Waals surface area contributed by atoms with Gasteiger partial charge in [-0.05, 0) is 48.6 Å². The molecule has 1 atom stereocenters. The van der Waals surface area contributed by atoms with Crippen LogP contribution in [0, 0.1) is 0 Å². The number of halogens is 1. The van der Waals surface area contributed by atoms with E-state index in [4.69, 9.17) is 16.3 Å². The van der Waals surface area contributed by atoms with Crippen molar-refractivity contribution in [2.45, 2.75) is 30.4 Å². The number of thiophene rings is 1. The molecule has 1 fully saturated rings. The minimum absolute atomic E-state index is 0.0226. The first-order chi connectivity index (χ1) is 12.7. The van der Waals surface area contributed by atoms with Crippen molar-refractivity contribution in [3.05, 3.63) is 51.7 Å². The van der Waals surface area contributed by atoms with E-state index in [-0.39, 0.29) is 12.1 Å². The highest BCUT2D eigenvalue weighted by Gasteiger charge is 2.22. The fourth-order valence-electron chi connectivity index (χ4n) is 2.81. The van der Waals surface area contributed by atoms with E-state index in [1.54, 1.807) is 23.1 Å². The molecule has 3 rings (SSSR count). The van der Waals surface area contributed by atoms with E-state index in [0.29, 0.717) is 19.6 Å². The molecule has 2 heterocycles. The van der Waals surface area contributed by atoms with Crippen LogP contribution in [0.25, 0.3) is 0 Å². The average Bonchev–Trinajstić information content (AvgIpc) is 3.33. The van der Waals surface area contributed by atoms with Crippen LogP contribution in [0.15, 0.2) is 46.7 Å². The van der Waals surface area contributed by atoms with Gasteiger partial charge in [-0.3, -0.25) is 0 Å². The van der Waals surface area contributed by atoms with Gasteiger partial charge < -0.3 is 15.0 Å². The van der Waals surface area contributed by atoms with Crippen molar-refractivity contribution in [2.75, 3.05) is 25.4 Å². The monoisotopic (exact) mass is 410 g/mol. The number of carbonyl (C=O) groups is 1. The Morgan fingerprint density at radius 2 is 2.19 bits per heavy atom. The van der Waals surface area contributed by atoms with Gasteiger partial charge in [-0.1, -0.05) is 17.7 Å². The summed E-state index contributed by atoms with van der Waals surface area (Å²) in [5.74, 6) is 0.820. The molecule has 140 valence electrons.